The van der Waals surface area contributed by atoms with Gasteiger partial charge in [0.15, 0.2) is 0 Å². The van der Waals surface area contributed by atoms with Crippen LogP contribution in [0.1, 0.15) is 6.92 Å². The summed E-state index contributed by atoms with van der Waals surface area (Å²) < 4.78 is 2.31. The maximum absolute atomic E-state index is 3.20. The summed E-state index contributed by atoms with van der Waals surface area (Å²) in [4.78, 5) is 0. The van der Waals surface area contributed by atoms with Crippen LogP contribution in [-0.4, -0.2) is 4.57 Å². The molecule has 3 rings (SSSR count). The highest BCUT2D eigenvalue weighted by Gasteiger charge is 2.06. The molecule has 0 radical (unpaired) electrons. The smallest absolute Gasteiger partial charge is 0.0583 e. The van der Waals surface area contributed by atoms with E-state index < -0.39 is 0 Å². The summed E-state index contributed by atoms with van der Waals surface area (Å²) in [5, 5.41) is 2.45. The number of fused-ring (bicyclic) bond motifs is 3. The molecule has 3 aromatic rings. The third-order valence-corrected chi connectivity index (χ3v) is 2.85. The van der Waals surface area contributed by atoms with Crippen LogP contribution in [0, 0.1) is 12.1 Å². The van der Waals surface area contributed by atoms with E-state index in [2.05, 4.69) is 54.0 Å². The van der Waals surface area contributed by atoms with Gasteiger partial charge in [-0.1, -0.05) is 30.3 Å². The molecule has 0 N–H and O–H groups in total. The molecule has 0 fully saturated rings. The number of nitrogens with zero attached hydrogens (tertiary/aromatic N) is 1. The Balaban J connectivity index is 2.62. The van der Waals surface area contributed by atoms with Gasteiger partial charge in [0, 0.05) is 17.4 Å². The Hall–Kier alpha value is -1.94. The molecular formula is C14H11N. The van der Waals surface area contributed by atoms with Crippen molar-refractivity contribution in [2.75, 3.05) is 0 Å². The van der Waals surface area contributed by atoms with Crippen LogP contribution < -0.4 is 0 Å². The van der Waals surface area contributed by atoms with Gasteiger partial charge < -0.3 is 4.57 Å². The molecule has 1 nitrogen and oxygen atoms in total. The standard InChI is InChI=1S/C14H11N/c1-2-15-13-9-5-3-7-11(13)12-8-4-6-10-14(12)15/h3,5-7,9-10H,2H2,1H3. The normalized spacial score (nSPS) is 10.7. The van der Waals surface area contributed by atoms with Crippen molar-refractivity contribution in [1.82, 2.24) is 4.57 Å². The molecule has 0 bridgehead atoms. The molecule has 1 heteroatoms. The van der Waals surface area contributed by atoms with Crippen LogP contribution in [0.15, 0.2) is 36.4 Å². The SMILES string of the molecule is CCn1c2ccc#cc2c2ccccc21. The van der Waals surface area contributed by atoms with Crippen LogP contribution in [0.3, 0.4) is 0 Å². The predicted molar refractivity (Wildman–Crippen MR) is 62.8 cm³/mol. The van der Waals surface area contributed by atoms with Crippen LogP contribution in [-0.2, 0) is 6.54 Å². The summed E-state index contributed by atoms with van der Waals surface area (Å²) in [5.74, 6) is 0. The molecule has 1 aromatic heterocycles. The summed E-state index contributed by atoms with van der Waals surface area (Å²) in [7, 11) is 0. The topological polar surface area (TPSA) is 4.93 Å². The monoisotopic (exact) mass is 193 g/mol. The third kappa shape index (κ3) is 1.05. The summed E-state index contributed by atoms with van der Waals surface area (Å²) in [6, 6.07) is 18.7. The number of para-hydroxylation sites is 1. The molecule has 0 atom stereocenters. The first-order valence-electron chi connectivity index (χ1n) is 5.21. The fraction of sp³-hybridized carbons (Fsp3) is 0.143. The molecule has 15 heavy (non-hydrogen) atoms. The maximum Gasteiger partial charge on any atom is 0.0583 e. The number of benzene rings is 1. The number of hydrogen-bond acceptors (Lipinski definition) is 0. The van der Waals surface area contributed by atoms with E-state index in [0.717, 1.165) is 6.54 Å². The minimum Gasteiger partial charge on any atom is -0.340 e. The van der Waals surface area contributed by atoms with E-state index in [-0.39, 0.29) is 0 Å². The average molecular weight is 193 g/mol. The van der Waals surface area contributed by atoms with Gasteiger partial charge in [-0.25, -0.2) is 0 Å². The van der Waals surface area contributed by atoms with Crippen molar-refractivity contribution in [2.45, 2.75) is 13.5 Å². The second kappa shape index (κ2) is 3.03. The number of aryl methyl sites for hydroxylation is 1. The second-order valence-corrected chi connectivity index (χ2v) is 3.62. The van der Waals surface area contributed by atoms with Gasteiger partial charge in [-0.05, 0) is 25.1 Å². The molecule has 1 heterocycles. The van der Waals surface area contributed by atoms with E-state index in [0.29, 0.717) is 0 Å². The summed E-state index contributed by atoms with van der Waals surface area (Å²) in [5.41, 5.74) is 2.53. The lowest BCUT2D eigenvalue weighted by Gasteiger charge is -2.00. The lowest BCUT2D eigenvalue weighted by molar-refractivity contribution is 0.827. The predicted octanol–water partition coefficient (Wildman–Crippen LogP) is 3.41. The van der Waals surface area contributed by atoms with Gasteiger partial charge in [0.25, 0.3) is 0 Å². The Bertz CT molecular complexity index is 566. The second-order valence-electron chi connectivity index (χ2n) is 3.62. The first-order valence-corrected chi connectivity index (χ1v) is 5.21. The van der Waals surface area contributed by atoms with Crippen LogP contribution in [0.2, 0.25) is 0 Å². The van der Waals surface area contributed by atoms with Crippen LogP contribution in [0.4, 0.5) is 0 Å². The lowest BCUT2D eigenvalue weighted by Crippen LogP contribution is -1.91. The van der Waals surface area contributed by atoms with E-state index in [1.54, 1.807) is 0 Å². The van der Waals surface area contributed by atoms with Gasteiger partial charge in [0.2, 0.25) is 0 Å². The van der Waals surface area contributed by atoms with Gasteiger partial charge in [0.1, 0.15) is 0 Å². The summed E-state index contributed by atoms with van der Waals surface area (Å²) >= 11 is 0. The molecule has 72 valence electrons. The van der Waals surface area contributed by atoms with Gasteiger partial charge in [-0.3, -0.25) is 0 Å². The average Bonchev–Trinajstić information content (AvgIpc) is 2.63. The van der Waals surface area contributed by atoms with E-state index in [1.165, 1.54) is 21.8 Å². The highest BCUT2D eigenvalue weighted by atomic mass is 15.0. The molecule has 2 aromatic carbocycles. The first kappa shape index (κ1) is 8.38. The van der Waals surface area contributed by atoms with Crippen molar-refractivity contribution in [1.29, 1.82) is 0 Å². The lowest BCUT2D eigenvalue weighted by atomic mass is 10.2. The van der Waals surface area contributed by atoms with Crippen molar-refractivity contribution in [2.24, 2.45) is 0 Å². The fourth-order valence-electron chi connectivity index (χ4n) is 2.20. The molecule has 0 unspecified atom stereocenters. The molecular weight excluding hydrogens is 182 g/mol. The highest BCUT2D eigenvalue weighted by Crippen LogP contribution is 2.26. The van der Waals surface area contributed by atoms with Gasteiger partial charge in [-0.2, -0.15) is 0 Å². The first-order chi connectivity index (χ1) is 7.42. The van der Waals surface area contributed by atoms with Crippen molar-refractivity contribution in [3.05, 3.63) is 48.5 Å². The number of aromatic nitrogens is 1. The Morgan fingerprint density at radius 1 is 1.13 bits per heavy atom. The minimum absolute atomic E-state index is 0.988. The van der Waals surface area contributed by atoms with Gasteiger partial charge in [0.05, 0.1) is 10.9 Å². The van der Waals surface area contributed by atoms with Crippen molar-refractivity contribution in [3.8, 4) is 0 Å². The molecule has 0 aliphatic heterocycles. The fourth-order valence-corrected chi connectivity index (χ4v) is 2.20. The Labute approximate surface area is 88.9 Å². The maximum atomic E-state index is 3.20. The summed E-state index contributed by atoms with van der Waals surface area (Å²) in [6.07, 6.45) is 0. The van der Waals surface area contributed by atoms with E-state index in [9.17, 15) is 0 Å². The van der Waals surface area contributed by atoms with Crippen LogP contribution in [0.5, 0.6) is 0 Å². The zero-order valence-electron chi connectivity index (χ0n) is 8.62. The van der Waals surface area contributed by atoms with Crippen LogP contribution in [0.25, 0.3) is 21.8 Å². The van der Waals surface area contributed by atoms with Crippen molar-refractivity contribution >= 4 is 21.8 Å². The number of rotatable bonds is 1. The molecule has 0 spiro atoms. The summed E-state index contributed by atoms with van der Waals surface area (Å²) in [6.45, 7) is 3.16. The Morgan fingerprint density at radius 2 is 2.00 bits per heavy atom. The van der Waals surface area contributed by atoms with Crippen molar-refractivity contribution in [3.63, 3.8) is 0 Å². The minimum atomic E-state index is 0.988. The van der Waals surface area contributed by atoms with E-state index >= 15 is 0 Å². The number of hydrogen-bond donors (Lipinski definition) is 0. The third-order valence-electron chi connectivity index (χ3n) is 2.85. The quantitative estimate of drug-likeness (QED) is 0.558. The Morgan fingerprint density at radius 3 is 2.87 bits per heavy atom. The highest BCUT2D eigenvalue weighted by molar-refractivity contribution is 6.07. The molecule has 0 saturated heterocycles. The van der Waals surface area contributed by atoms with Crippen LogP contribution >= 0.6 is 0 Å². The largest absolute Gasteiger partial charge is 0.340 e. The molecule has 0 amide bonds. The Kier molecular flexibility index (Phi) is 1.69. The zero-order chi connectivity index (χ0) is 10.3. The molecule has 0 saturated carbocycles. The molecule has 0 aliphatic carbocycles. The molecule has 0 aliphatic rings. The van der Waals surface area contributed by atoms with Crippen molar-refractivity contribution < 1.29 is 0 Å². The van der Waals surface area contributed by atoms with Gasteiger partial charge >= 0.3 is 0 Å². The van der Waals surface area contributed by atoms with E-state index in [4.69, 9.17) is 0 Å². The van der Waals surface area contributed by atoms with E-state index in [1.807, 2.05) is 6.07 Å². The zero-order valence-corrected chi connectivity index (χ0v) is 8.62. The van der Waals surface area contributed by atoms with Gasteiger partial charge in [-0.15, -0.1) is 0 Å².